The van der Waals surface area contributed by atoms with Gasteiger partial charge in [-0.1, -0.05) is 0 Å². The molecule has 1 fully saturated rings. The number of aromatic nitrogens is 1. The molecule has 1 saturated heterocycles. The zero-order chi connectivity index (χ0) is 14.7. The van der Waals surface area contributed by atoms with Gasteiger partial charge in [-0.2, -0.15) is 0 Å². The van der Waals surface area contributed by atoms with Crippen LogP contribution in [0.2, 0.25) is 0 Å². The van der Waals surface area contributed by atoms with Crippen LogP contribution in [0.3, 0.4) is 0 Å². The Labute approximate surface area is 147 Å². The van der Waals surface area contributed by atoms with Gasteiger partial charge >= 0.3 is 0 Å². The fourth-order valence-corrected chi connectivity index (χ4v) is 2.87. The molecular formula is C16H22FIN4. The van der Waals surface area contributed by atoms with Crippen molar-refractivity contribution in [3.63, 3.8) is 0 Å². The van der Waals surface area contributed by atoms with Crippen LogP contribution < -0.4 is 5.73 Å². The summed E-state index contributed by atoms with van der Waals surface area (Å²) < 4.78 is 13.3. The van der Waals surface area contributed by atoms with Crippen molar-refractivity contribution >= 4 is 40.8 Å². The first-order chi connectivity index (χ1) is 10.2. The Balaban J connectivity index is 0.00000176. The number of aromatic amines is 1. The number of likely N-dealkylation sites (tertiary alicyclic amines) is 1. The maximum atomic E-state index is 13.3. The van der Waals surface area contributed by atoms with E-state index >= 15 is 0 Å². The molecule has 120 valence electrons. The molecule has 0 spiro atoms. The Kier molecular flexibility index (Phi) is 6.05. The van der Waals surface area contributed by atoms with E-state index in [0.717, 1.165) is 36.0 Å². The van der Waals surface area contributed by atoms with Crippen molar-refractivity contribution in [1.82, 2.24) is 9.88 Å². The first kappa shape index (κ1) is 17.1. The summed E-state index contributed by atoms with van der Waals surface area (Å²) in [6.45, 7) is 2.65. The number of piperidine rings is 1. The fraction of sp³-hybridized carbons (Fsp3) is 0.438. The summed E-state index contributed by atoms with van der Waals surface area (Å²) in [6.07, 6.45) is 6.36. The smallest absolute Gasteiger partial charge is 0.191 e. The second kappa shape index (κ2) is 7.80. The molecule has 0 amide bonds. The maximum absolute atomic E-state index is 13.3. The van der Waals surface area contributed by atoms with E-state index in [0.29, 0.717) is 12.5 Å². The zero-order valence-corrected chi connectivity index (χ0v) is 14.8. The highest BCUT2D eigenvalue weighted by molar-refractivity contribution is 14.0. The van der Waals surface area contributed by atoms with Gasteiger partial charge in [-0.15, -0.1) is 24.0 Å². The van der Waals surface area contributed by atoms with Crippen LogP contribution in [0, 0.1) is 5.82 Å². The topological polar surface area (TPSA) is 57.4 Å². The first-order valence-corrected chi connectivity index (χ1v) is 7.54. The van der Waals surface area contributed by atoms with Gasteiger partial charge in [0.05, 0.1) is 0 Å². The van der Waals surface area contributed by atoms with E-state index in [9.17, 15) is 4.39 Å². The van der Waals surface area contributed by atoms with Gasteiger partial charge < -0.3 is 15.6 Å². The summed E-state index contributed by atoms with van der Waals surface area (Å²) in [5.41, 5.74) is 8.07. The summed E-state index contributed by atoms with van der Waals surface area (Å²) in [7, 11) is 0. The van der Waals surface area contributed by atoms with E-state index in [1.807, 2.05) is 6.20 Å². The molecule has 0 bridgehead atoms. The minimum atomic E-state index is -0.209. The van der Waals surface area contributed by atoms with Gasteiger partial charge in [-0.25, -0.2) is 4.39 Å². The van der Waals surface area contributed by atoms with Crippen LogP contribution in [0.1, 0.15) is 24.8 Å². The molecule has 0 saturated carbocycles. The SMILES string of the molecule is I.NC(=NCCc1c[nH]c2ccc(F)cc12)N1CCCCC1. The summed E-state index contributed by atoms with van der Waals surface area (Å²) in [5.74, 6) is 0.431. The third-order valence-corrected chi connectivity index (χ3v) is 4.06. The van der Waals surface area contributed by atoms with Crippen LogP contribution in [0.4, 0.5) is 4.39 Å². The Hall–Kier alpha value is -1.31. The van der Waals surface area contributed by atoms with Crippen molar-refractivity contribution in [2.24, 2.45) is 10.7 Å². The maximum Gasteiger partial charge on any atom is 0.191 e. The third-order valence-electron chi connectivity index (χ3n) is 4.06. The Morgan fingerprint density at radius 1 is 1.27 bits per heavy atom. The molecule has 0 unspecified atom stereocenters. The van der Waals surface area contributed by atoms with Crippen molar-refractivity contribution in [2.75, 3.05) is 19.6 Å². The molecule has 1 aromatic heterocycles. The molecule has 22 heavy (non-hydrogen) atoms. The van der Waals surface area contributed by atoms with Gasteiger partial charge in [0, 0.05) is 36.7 Å². The van der Waals surface area contributed by atoms with Crippen molar-refractivity contribution in [1.29, 1.82) is 0 Å². The molecule has 1 aliphatic rings. The molecule has 0 aliphatic carbocycles. The number of nitrogens with zero attached hydrogens (tertiary/aromatic N) is 2. The molecule has 0 radical (unpaired) electrons. The van der Waals surface area contributed by atoms with E-state index < -0.39 is 0 Å². The molecule has 4 nitrogen and oxygen atoms in total. The normalized spacial score (nSPS) is 15.9. The minimum absolute atomic E-state index is 0. The molecular weight excluding hydrogens is 394 g/mol. The first-order valence-electron chi connectivity index (χ1n) is 7.54. The second-order valence-corrected chi connectivity index (χ2v) is 5.54. The number of halogens is 2. The van der Waals surface area contributed by atoms with Crippen LogP contribution in [-0.4, -0.2) is 35.5 Å². The van der Waals surface area contributed by atoms with Gasteiger partial charge in [0.15, 0.2) is 5.96 Å². The Bertz CT molecular complexity index is 647. The molecule has 2 aromatic rings. The average Bonchev–Trinajstić information content (AvgIpc) is 2.90. The molecule has 3 N–H and O–H groups in total. The lowest BCUT2D eigenvalue weighted by Crippen LogP contribution is -2.41. The lowest BCUT2D eigenvalue weighted by Gasteiger charge is -2.27. The van der Waals surface area contributed by atoms with Crippen molar-refractivity contribution in [3.05, 3.63) is 35.8 Å². The van der Waals surface area contributed by atoms with E-state index in [-0.39, 0.29) is 29.8 Å². The highest BCUT2D eigenvalue weighted by atomic mass is 127. The lowest BCUT2D eigenvalue weighted by molar-refractivity contribution is 0.338. The van der Waals surface area contributed by atoms with Gasteiger partial charge in [-0.3, -0.25) is 4.99 Å². The lowest BCUT2D eigenvalue weighted by atomic mass is 10.1. The quantitative estimate of drug-likeness (QED) is 0.459. The highest BCUT2D eigenvalue weighted by Gasteiger charge is 2.11. The Morgan fingerprint density at radius 3 is 2.82 bits per heavy atom. The largest absolute Gasteiger partial charge is 0.370 e. The Morgan fingerprint density at radius 2 is 2.05 bits per heavy atom. The van der Waals surface area contributed by atoms with Gasteiger partial charge in [0.1, 0.15) is 5.82 Å². The molecule has 6 heteroatoms. The number of H-pyrrole nitrogens is 1. The number of nitrogens with two attached hydrogens (primary N) is 1. The van der Waals surface area contributed by atoms with Crippen molar-refractivity contribution in [2.45, 2.75) is 25.7 Å². The minimum Gasteiger partial charge on any atom is -0.370 e. The summed E-state index contributed by atoms with van der Waals surface area (Å²) in [6, 6.07) is 4.80. The van der Waals surface area contributed by atoms with E-state index in [2.05, 4.69) is 14.9 Å². The summed E-state index contributed by atoms with van der Waals surface area (Å²) in [4.78, 5) is 9.78. The molecule has 3 rings (SSSR count). The predicted molar refractivity (Wildman–Crippen MR) is 99.3 cm³/mol. The molecule has 1 aromatic carbocycles. The molecule has 0 atom stereocenters. The van der Waals surface area contributed by atoms with Crippen LogP contribution in [0.15, 0.2) is 29.4 Å². The van der Waals surface area contributed by atoms with Crippen LogP contribution >= 0.6 is 24.0 Å². The molecule has 1 aliphatic heterocycles. The number of hydrogen-bond acceptors (Lipinski definition) is 1. The van der Waals surface area contributed by atoms with Crippen molar-refractivity contribution < 1.29 is 4.39 Å². The van der Waals surface area contributed by atoms with E-state index in [1.165, 1.54) is 25.3 Å². The van der Waals surface area contributed by atoms with Crippen LogP contribution in [-0.2, 0) is 6.42 Å². The van der Waals surface area contributed by atoms with Crippen LogP contribution in [0.5, 0.6) is 0 Å². The predicted octanol–water partition coefficient (Wildman–Crippen LogP) is 3.27. The van der Waals surface area contributed by atoms with Crippen LogP contribution in [0.25, 0.3) is 10.9 Å². The van der Waals surface area contributed by atoms with E-state index in [1.54, 1.807) is 12.1 Å². The number of hydrogen-bond donors (Lipinski definition) is 2. The number of benzene rings is 1. The fourth-order valence-electron chi connectivity index (χ4n) is 2.87. The number of rotatable bonds is 3. The average molecular weight is 416 g/mol. The number of guanidine groups is 1. The zero-order valence-electron chi connectivity index (χ0n) is 12.5. The highest BCUT2D eigenvalue weighted by Crippen LogP contribution is 2.19. The van der Waals surface area contributed by atoms with Gasteiger partial charge in [-0.05, 0) is 49.4 Å². The van der Waals surface area contributed by atoms with Gasteiger partial charge in [0.2, 0.25) is 0 Å². The summed E-state index contributed by atoms with van der Waals surface area (Å²) >= 11 is 0. The number of nitrogens with one attached hydrogen (secondary N) is 1. The monoisotopic (exact) mass is 416 g/mol. The second-order valence-electron chi connectivity index (χ2n) is 5.54. The standard InChI is InChI=1S/C16H21FN4.HI/c17-13-4-5-15-14(10-13)12(11-20-15)6-7-19-16(18)21-8-2-1-3-9-21;/h4-5,10-11,20H,1-3,6-9H2,(H2,18,19);1H. The number of fused-ring (bicyclic) bond motifs is 1. The number of aliphatic imine (C=N–C) groups is 1. The third kappa shape index (κ3) is 3.91. The van der Waals surface area contributed by atoms with Gasteiger partial charge in [0.25, 0.3) is 0 Å². The molecule has 2 heterocycles. The summed E-state index contributed by atoms with van der Waals surface area (Å²) in [5, 5.41) is 0.932. The van der Waals surface area contributed by atoms with Crippen molar-refractivity contribution in [3.8, 4) is 0 Å². The van der Waals surface area contributed by atoms with E-state index in [4.69, 9.17) is 5.73 Å².